The molecule has 5 heteroatoms. The number of likely N-dealkylation sites (tertiary alicyclic amines) is 1. The maximum absolute atomic E-state index is 12.5. The first-order valence-corrected chi connectivity index (χ1v) is 8.27. The number of furan rings is 1. The zero-order chi connectivity index (χ0) is 16.4. The molecule has 2 aliphatic rings. The van der Waals surface area contributed by atoms with E-state index in [1.807, 2.05) is 41.3 Å². The number of para-hydroxylation sites is 1. The van der Waals surface area contributed by atoms with Gasteiger partial charge in [0.15, 0.2) is 0 Å². The van der Waals surface area contributed by atoms with Gasteiger partial charge in [0, 0.05) is 12.1 Å². The van der Waals surface area contributed by atoms with E-state index in [-0.39, 0.29) is 6.03 Å². The molecular weight excluding hydrogens is 304 g/mol. The van der Waals surface area contributed by atoms with Crippen LogP contribution in [-0.2, 0) is 6.54 Å². The molecule has 1 atom stereocenters. The SMILES string of the molecule is O=C(NCc1ccco1)N1CCCC2(C=Cc3ccccc3O2)C1. The van der Waals surface area contributed by atoms with Gasteiger partial charge < -0.3 is 19.4 Å². The number of fused-ring (bicyclic) bond motifs is 1. The molecule has 0 saturated carbocycles. The van der Waals surface area contributed by atoms with Gasteiger partial charge in [-0.15, -0.1) is 0 Å². The summed E-state index contributed by atoms with van der Waals surface area (Å²) in [6, 6.07) is 11.6. The van der Waals surface area contributed by atoms with Crippen molar-refractivity contribution in [1.29, 1.82) is 0 Å². The number of rotatable bonds is 2. The fourth-order valence-electron chi connectivity index (χ4n) is 3.34. The van der Waals surface area contributed by atoms with E-state index < -0.39 is 5.60 Å². The van der Waals surface area contributed by atoms with Crippen molar-refractivity contribution in [2.24, 2.45) is 0 Å². The van der Waals surface area contributed by atoms with E-state index in [2.05, 4.69) is 17.5 Å². The normalized spacial score (nSPS) is 22.1. The van der Waals surface area contributed by atoms with Gasteiger partial charge in [0.2, 0.25) is 0 Å². The number of urea groups is 1. The standard InChI is InChI=1S/C19H20N2O3/c22-18(20-13-16-6-3-12-23-16)21-11-4-9-19(14-21)10-8-15-5-1-2-7-17(15)24-19/h1-3,5-8,10,12H,4,9,11,13-14H2,(H,20,22). The third kappa shape index (κ3) is 2.89. The van der Waals surface area contributed by atoms with E-state index in [9.17, 15) is 4.79 Å². The minimum Gasteiger partial charge on any atom is -0.481 e. The number of benzene rings is 1. The number of hydrogen-bond donors (Lipinski definition) is 1. The number of hydrogen-bond acceptors (Lipinski definition) is 3. The number of carbonyl (C=O) groups is 1. The molecule has 4 rings (SSSR count). The molecule has 1 N–H and O–H groups in total. The molecule has 0 aliphatic carbocycles. The third-order valence-corrected chi connectivity index (χ3v) is 4.57. The van der Waals surface area contributed by atoms with Crippen molar-refractivity contribution < 1.29 is 13.9 Å². The molecular formula is C19H20N2O3. The van der Waals surface area contributed by atoms with Gasteiger partial charge in [-0.25, -0.2) is 4.79 Å². The second kappa shape index (κ2) is 6.07. The number of carbonyl (C=O) groups excluding carboxylic acids is 1. The Kier molecular flexibility index (Phi) is 3.76. The summed E-state index contributed by atoms with van der Waals surface area (Å²) in [5.41, 5.74) is 0.664. The van der Waals surface area contributed by atoms with Gasteiger partial charge in [0.05, 0.1) is 19.4 Å². The summed E-state index contributed by atoms with van der Waals surface area (Å²) in [4.78, 5) is 14.3. The number of ether oxygens (including phenoxy) is 1. The Hall–Kier alpha value is -2.69. The average Bonchev–Trinajstić information content (AvgIpc) is 3.13. The van der Waals surface area contributed by atoms with E-state index in [1.165, 1.54) is 0 Å². The second-order valence-corrected chi connectivity index (χ2v) is 6.30. The molecule has 1 aromatic carbocycles. The van der Waals surface area contributed by atoms with Crippen molar-refractivity contribution in [1.82, 2.24) is 10.2 Å². The summed E-state index contributed by atoms with van der Waals surface area (Å²) in [7, 11) is 0. The first-order valence-electron chi connectivity index (χ1n) is 8.27. The van der Waals surface area contributed by atoms with Crippen molar-refractivity contribution >= 4 is 12.1 Å². The van der Waals surface area contributed by atoms with Crippen LogP contribution < -0.4 is 10.1 Å². The Labute approximate surface area is 140 Å². The largest absolute Gasteiger partial charge is 0.481 e. The van der Waals surface area contributed by atoms with Crippen LogP contribution in [0.2, 0.25) is 0 Å². The Morgan fingerprint density at radius 2 is 2.17 bits per heavy atom. The molecule has 2 amide bonds. The molecule has 1 saturated heterocycles. The predicted octanol–water partition coefficient (Wildman–Crippen LogP) is 3.43. The van der Waals surface area contributed by atoms with Gasteiger partial charge >= 0.3 is 6.03 Å². The highest BCUT2D eigenvalue weighted by molar-refractivity contribution is 5.74. The van der Waals surface area contributed by atoms with E-state index in [4.69, 9.17) is 9.15 Å². The smallest absolute Gasteiger partial charge is 0.317 e. The van der Waals surface area contributed by atoms with E-state index >= 15 is 0 Å². The second-order valence-electron chi connectivity index (χ2n) is 6.30. The Morgan fingerprint density at radius 3 is 3.04 bits per heavy atom. The molecule has 3 heterocycles. The lowest BCUT2D eigenvalue weighted by Crippen LogP contribution is -2.55. The average molecular weight is 324 g/mol. The van der Waals surface area contributed by atoms with Crippen LogP contribution in [-0.4, -0.2) is 29.6 Å². The molecule has 24 heavy (non-hydrogen) atoms. The fraction of sp³-hybridized carbons (Fsp3) is 0.316. The molecule has 2 aliphatic heterocycles. The summed E-state index contributed by atoms with van der Waals surface area (Å²) in [5, 5.41) is 2.91. The maximum Gasteiger partial charge on any atom is 0.317 e. The summed E-state index contributed by atoms with van der Waals surface area (Å²) in [6.45, 7) is 1.70. The van der Waals surface area contributed by atoms with Gasteiger partial charge in [-0.1, -0.05) is 24.3 Å². The van der Waals surface area contributed by atoms with E-state index in [1.54, 1.807) is 6.26 Å². The van der Waals surface area contributed by atoms with E-state index in [0.717, 1.165) is 36.5 Å². The van der Waals surface area contributed by atoms with Crippen LogP contribution >= 0.6 is 0 Å². The molecule has 1 aromatic heterocycles. The van der Waals surface area contributed by atoms with Crippen LogP contribution in [0.5, 0.6) is 5.75 Å². The van der Waals surface area contributed by atoms with Crippen LogP contribution in [0.25, 0.3) is 6.08 Å². The Bertz CT molecular complexity index is 754. The molecule has 0 bridgehead atoms. The van der Waals surface area contributed by atoms with Crippen molar-refractivity contribution in [2.45, 2.75) is 25.0 Å². The lowest BCUT2D eigenvalue weighted by molar-refractivity contribution is 0.0413. The highest BCUT2D eigenvalue weighted by Crippen LogP contribution is 2.35. The number of nitrogens with zero attached hydrogens (tertiary/aromatic N) is 1. The Balaban J connectivity index is 1.43. The zero-order valence-corrected chi connectivity index (χ0v) is 13.4. The monoisotopic (exact) mass is 324 g/mol. The molecule has 5 nitrogen and oxygen atoms in total. The summed E-state index contributed by atoms with van der Waals surface area (Å²) in [5.74, 6) is 1.63. The molecule has 124 valence electrons. The highest BCUT2D eigenvalue weighted by atomic mass is 16.5. The summed E-state index contributed by atoms with van der Waals surface area (Å²) in [6.07, 6.45) is 7.64. The molecule has 1 spiro atoms. The van der Waals surface area contributed by atoms with Gasteiger partial charge in [-0.05, 0) is 37.1 Å². The minimum atomic E-state index is -0.422. The van der Waals surface area contributed by atoms with Gasteiger partial charge in [-0.2, -0.15) is 0 Å². The van der Waals surface area contributed by atoms with Crippen molar-refractivity contribution in [2.75, 3.05) is 13.1 Å². The third-order valence-electron chi connectivity index (χ3n) is 4.57. The van der Waals surface area contributed by atoms with Crippen molar-refractivity contribution in [3.63, 3.8) is 0 Å². The van der Waals surface area contributed by atoms with Crippen LogP contribution in [0.4, 0.5) is 4.79 Å². The van der Waals surface area contributed by atoms with Crippen LogP contribution in [0.1, 0.15) is 24.2 Å². The molecule has 1 fully saturated rings. The zero-order valence-electron chi connectivity index (χ0n) is 13.4. The predicted molar refractivity (Wildman–Crippen MR) is 90.6 cm³/mol. The molecule has 1 unspecified atom stereocenters. The number of amides is 2. The number of nitrogens with one attached hydrogen (secondary N) is 1. The lowest BCUT2D eigenvalue weighted by Gasteiger charge is -2.42. The topological polar surface area (TPSA) is 54.7 Å². The van der Waals surface area contributed by atoms with Gasteiger partial charge in [0.25, 0.3) is 0 Å². The fourth-order valence-corrected chi connectivity index (χ4v) is 3.34. The van der Waals surface area contributed by atoms with Crippen LogP contribution in [0.15, 0.2) is 53.2 Å². The van der Waals surface area contributed by atoms with Crippen molar-refractivity contribution in [3.05, 3.63) is 60.1 Å². The maximum atomic E-state index is 12.5. The van der Waals surface area contributed by atoms with E-state index in [0.29, 0.717) is 13.1 Å². The van der Waals surface area contributed by atoms with Gasteiger partial charge in [-0.3, -0.25) is 0 Å². The highest BCUT2D eigenvalue weighted by Gasteiger charge is 2.39. The molecule has 2 aromatic rings. The quantitative estimate of drug-likeness (QED) is 0.921. The molecule has 0 radical (unpaired) electrons. The van der Waals surface area contributed by atoms with Crippen LogP contribution in [0, 0.1) is 0 Å². The Morgan fingerprint density at radius 1 is 1.25 bits per heavy atom. The summed E-state index contributed by atoms with van der Waals surface area (Å²) < 4.78 is 11.5. The first-order chi connectivity index (χ1) is 11.7. The van der Waals surface area contributed by atoms with Crippen molar-refractivity contribution in [3.8, 4) is 5.75 Å². The van der Waals surface area contributed by atoms with Crippen LogP contribution in [0.3, 0.4) is 0 Å². The first kappa shape index (κ1) is 14.9. The van der Waals surface area contributed by atoms with Gasteiger partial charge in [0.1, 0.15) is 17.1 Å². The lowest BCUT2D eigenvalue weighted by atomic mass is 9.89. The number of piperidine rings is 1. The minimum absolute atomic E-state index is 0.0821. The summed E-state index contributed by atoms with van der Waals surface area (Å²) >= 11 is 0.